The molecular formula is C32H40N4O5. The zero-order valence-electron chi connectivity index (χ0n) is 24.1. The highest BCUT2D eigenvalue weighted by atomic mass is 16.5. The zero-order chi connectivity index (χ0) is 28.6. The summed E-state index contributed by atoms with van der Waals surface area (Å²) in [5, 5.41) is 6.79. The summed E-state index contributed by atoms with van der Waals surface area (Å²) in [6.07, 6.45) is 0.750. The number of nitroso groups, excluding NO2 is 1. The van der Waals surface area contributed by atoms with Crippen molar-refractivity contribution < 1.29 is 18.9 Å². The van der Waals surface area contributed by atoms with Gasteiger partial charge in [-0.3, -0.25) is 0 Å². The monoisotopic (exact) mass is 560 g/mol. The van der Waals surface area contributed by atoms with Crippen LogP contribution in [0.25, 0.3) is 0 Å². The number of hydrogen-bond acceptors (Lipinski definition) is 9. The minimum absolute atomic E-state index is 0.159. The lowest BCUT2D eigenvalue weighted by atomic mass is 9.84. The third-order valence-electron chi connectivity index (χ3n) is 7.73. The fourth-order valence-corrected chi connectivity index (χ4v) is 5.53. The number of benzene rings is 3. The van der Waals surface area contributed by atoms with Gasteiger partial charge in [0, 0.05) is 59.1 Å². The lowest BCUT2D eigenvalue weighted by Gasteiger charge is -2.36. The van der Waals surface area contributed by atoms with E-state index >= 15 is 0 Å². The molecule has 2 aliphatic heterocycles. The van der Waals surface area contributed by atoms with E-state index in [1.54, 1.807) is 7.11 Å². The fourth-order valence-electron chi connectivity index (χ4n) is 5.53. The molecule has 218 valence electrons. The summed E-state index contributed by atoms with van der Waals surface area (Å²) >= 11 is 0. The Morgan fingerprint density at radius 3 is 2.49 bits per heavy atom. The molecule has 9 heteroatoms. The molecule has 9 nitrogen and oxygen atoms in total. The van der Waals surface area contributed by atoms with Gasteiger partial charge in [-0.1, -0.05) is 23.4 Å². The Bertz CT molecular complexity index is 1270. The molecule has 0 unspecified atom stereocenters. The molecule has 3 aromatic rings. The number of ether oxygens (including phenoxy) is 4. The number of fused-ring (bicyclic) bond motifs is 1. The first kappa shape index (κ1) is 28.9. The van der Waals surface area contributed by atoms with Gasteiger partial charge in [-0.25, -0.2) is 0 Å². The number of nitrogens with one attached hydrogen (secondary N) is 1. The first-order valence-electron chi connectivity index (χ1n) is 14.3. The summed E-state index contributed by atoms with van der Waals surface area (Å²) in [5.41, 5.74) is 4.28. The third kappa shape index (κ3) is 7.16. The Balaban J connectivity index is 1.26. The molecule has 41 heavy (non-hydrogen) atoms. The van der Waals surface area contributed by atoms with Gasteiger partial charge in [0.1, 0.15) is 29.9 Å². The molecule has 3 atom stereocenters. The van der Waals surface area contributed by atoms with Crippen LogP contribution in [0.1, 0.15) is 23.5 Å². The van der Waals surface area contributed by atoms with E-state index in [2.05, 4.69) is 27.5 Å². The fraction of sp³-hybridized carbons (Fsp3) is 0.438. The Labute approximate surface area is 242 Å². The van der Waals surface area contributed by atoms with Gasteiger partial charge in [-0.15, -0.1) is 0 Å². The van der Waals surface area contributed by atoms with Crippen LogP contribution in [0.15, 0.2) is 71.9 Å². The van der Waals surface area contributed by atoms with Gasteiger partial charge in [0.2, 0.25) is 0 Å². The first-order valence-corrected chi connectivity index (χ1v) is 14.3. The van der Waals surface area contributed by atoms with Gasteiger partial charge in [-0.2, -0.15) is 4.91 Å². The summed E-state index contributed by atoms with van der Waals surface area (Å²) in [7, 11) is 5.75. The van der Waals surface area contributed by atoms with Crippen LogP contribution in [0.4, 0.5) is 11.4 Å². The summed E-state index contributed by atoms with van der Waals surface area (Å²) in [6.45, 7) is 4.77. The number of anilines is 2. The Morgan fingerprint density at radius 1 is 1.02 bits per heavy atom. The summed E-state index contributed by atoms with van der Waals surface area (Å²) in [4.78, 5) is 16.2. The topological polar surface area (TPSA) is 84.9 Å². The van der Waals surface area contributed by atoms with Gasteiger partial charge in [0.05, 0.1) is 24.9 Å². The molecule has 3 aromatic carbocycles. The molecule has 5 rings (SSSR count). The molecule has 0 radical (unpaired) electrons. The predicted molar refractivity (Wildman–Crippen MR) is 162 cm³/mol. The van der Waals surface area contributed by atoms with Crippen molar-refractivity contribution in [1.29, 1.82) is 0 Å². The largest absolute Gasteiger partial charge is 0.490 e. The van der Waals surface area contributed by atoms with Crippen LogP contribution in [-0.4, -0.2) is 72.7 Å². The van der Waals surface area contributed by atoms with Crippen molar-refractivity contribution in [2.45, 2.75) is 31.1 Å². The smallest absolute Gasteiger partial charge is 0.142 e. The van der Waals surface area contributed by atoms with Crippen molar-refractivity contribution in [1.82, 2.24) is 5.32 Å². The van der Waals surface area contributed by atoms with E-state index in [-0.39, 0.29) is 12.0 Å². The van der Waals surface area contributed by atoms with Crippen LogP contribution in [0.2, 0.25) is 0 Å². The number of hydrogen-bond donors (Lipinski definition) is 1. The highest BCUT2D eigenvalue weighted by molar-refractivity contribution is 5.61. The van der Waals surface area contributed by atoms with Gasteiger partial charge >= 0.3 is 0 Å². The van der Waals surface area contributed by atoms with E-state index in [9.17, 15) is 4.91 Å². The van der Waals surface area contributed by atoms with Gasteiger partial charge < -0.3 is 34.1 Å². The van der Waals surface area contributed by atoms with Gasteiger partial charge in [0.15, 0.2) is 0 Å². The van der Waals surface area contributed by atoms with Crippen molar-refractivity contribution in [3.8, 4) is 17.2 Å². The number of rotatable bonds is 12. The van der Waals surface area contributed by atoms with E-state index in [4.69, 9.17) is 18.9 Å². The van der Waals surface area contributed by atoms with E-state index < -0.39 is 6.04 Å². The molecule has 1 fully saturated rings. The molecule has 0 spiro atoms. The summed E-state index contributed by atoms with van der Waals surface area (Å²) in [6, 6.07) is 21.7. The van der Waals surface area contributed by atoms with E-state index in [0.717, 1.165) is 65.9 Å². The maximum absolute atomic E-state index is 11.8. The maximum atomic E-state index is 11.8. The second-order valence-electron chi connectivity index (χ2n) is 10.7. The Hall–Kier alpha value is -3.66. The molecule has 0 amide bonds. The van der Waals surface area contributed by atoms with Crippen LogP contribution < -0.4 is 24.6 Å². The van der Waals surface area contributed by atoms with Crippen LogP contribution in [0.5, 0.6) is 17.2 Å². The standard InChI is InChI=1S/C32H40N4O5/c1-35(2)25-8-12-27(13-9-25)41-26-10-6-24(7-11-26)32-28(34-37)20-33-21-31(32)40-22-23-5-14-30-29(19-23)36(16-18-39-30)15-4-17-38-3/h5-14,19,28,31-33H,4,15-18,20-22H2,1-3H3/t28-,31+,32+/m1/s1. The summed E-state index contributed by atoms with van der Waals surface area (Å²) in [5.74, 6) is 2.25. The zero-order valence-corrected chi connectivity index (χ0v) is 24.1. The quantitative estimate of drug-likeness (QED) is 0.239. The van der Waals surface area contributed by atoms with Crippen molar-refractivity contribution >= 4 is 11.4 Å². The number of methoxy groups -OCH3 is 1. The van der Waals surface area contributed by atoms with E-state index in [0.29, 0.717) is 26.3 Å². The lowest BCUT2D eigenvalue weighted by molar-refractivity contribution is 0.00539. The lowest BCUT2D eigenvalue weighted by Crippen LogP contribution is -2.48. The number of piperidine rings is 1. The van der Waals surface area contributed by atoms with Gasteiger partial charge in [0.25, 0.3) is 0 Å². The minimum atomic E-state index is -0.424. The molecule has 1 N–H and O–H groups in total. The van der Waals surface area contributed by atoms with Crippen molar-refractivity contribution in [2.75, 3.05) is 70.4 Å². The number of nitrogens with zero attached hydrogens (tertiary/aromatic N) is 3. The molecule has 0 aromatic heterocycles. The first-order chi connectivity index (χ1) is 20.1. The second kappa shape index (κ2) is 13.8. The van der Waals surface area contributed by atoms with Crippen LogP contribution >= 0.6 is 0 Å². The Morgan fingerprint density at radius 2 is 1.78 bits per heavy atom. The molecule has 0 aliphatic carbocycles. The highest BCUT2D eigenvalue weighted by Crippen LogP contribution is 2.35. The molecule has 1 saturated heterocycles. The second-order valence-corrected chi connectivity index (χ2v) is 10.7. The normalized spacial score (nSPS) is 20.2. The van der Waals surface area contributed by atoms with E-state index in [1.807, 2.05) is 73.6 Å². The SMILES string of the molecule is COCCCN1CCOc2ccc(CO[C@H]3CNC[C@@H](N=O)[C@@H]3c3ccc(Oc4ccc(N(C)C)cc4)cc3)cc21. The molecule has 0 bridgehead atoms. The van der Waals surface area contributed by atoms with Crippen molar-refractivity contribution in [3.05, 3.63) is 82.8 Å². The maximum Gasteiger partial charge on any atom is 0.142 e. The van der Waals surface area contributed by atoms with Crippen LogP contribution in [0, 0.1) is 4.91 Å². The minimum Gasteiger partial charge on any atom is -0.490 e. The average molecular weight is 561 g/mol. The molecule has 2 heterocycles. The molecular weight excluding hydrogens is 520 g/mol. The molecule has 2 aliphatic rings. The molecule has 0 saturated carbocycles. The average Bonchev–Trinajstić information content (AvgIpc) is 3.00. The van der Waals surface area contributed by atoms with E-state index in [1.165, 1.54) is 0 Å². The predicted octanol–water partition coefficient (Wildman–Crippen LogP) is 5.19. The van der Waals surface area contributed by atoms with Gasteiger partial charge in [-0.05, 0) is 66.1 Å². The van der Waals surface area contributed by atoms with Crippen molar-refractivity contribution in [2.24, 2.45) is 5.18 Å². The Kier molecular flexibility index (Phi) is 9.71. The summed E-state index contributed by atoms with van der Waals surface area (Å²) < 4.78 is 23.7. The highest BCUT2D eigenvalue weighted by Gasteiger charge is 2.36. The van der Waals surface area contributed by atoms with Crippen LogP contribution in [0.3, 0.4) is 0 Å². The van der Waals surface area contributed by atoms with Crippen molar-refractivity contribution in [3.63, 3.8) is 0 Å². The third-order valence-corrected chi connectivity index (χ3v) is 7.73. The van der Waals surface area contributed by atoms with Crippen LogP contribution in [-0.2, 0) is 16.1 Å².